The lowest BCUT2D eigenvalue weighted by Gasteiger charge is -2.07. The summed E-state index contributed by atoms with van der Waals surface area (Å²) in [5.74, 6) is 0.541. The number of anilines is 1. The maximum absolute atomic E-state index is 12.0. The zero-order chi connectivity index (χ0) is 17.6. The van der Waals surface area contributed by atoms with Crippen molar-refractivity contribution >= 4 is 45.0 Å². The van der Waals surface area contributed by atoms with Crippen molar-refractivity contribution in [1.29, 1.82) is 0 Å². The summed E-state index contributed by atoms with van der Waals surface area (Å²) in [6, 6.07) is 13.8. The smallest absolute Gasteiger partial charge is 0.251 e. The van der Waals surface area contributed by atoms with E-state index in [4.69, 9.17) is 11.6 Å². The van der Waals surface area contributed by atoms with Crippen LogP contribution in [0, 0.1) is 0 Å². The molecule has 2 aromatic rings. The van der Waals surface area contributed by atoms with Crippen molar-refractivity contribution in [2.75, 3.05) is 23.3 Å². The van der Waals surface area contributed by atoms with Gasteiger partial charge < -0.3 is 5.32 Å². The summed E-state index contributed by atoms with van der Waals surface area (Å²) < 4.78 is 24.6. The Balaban J connectivity index is 1.79. The molecule has 1 amide bonds. The van der Waals surface area contributed by atoms with Gasteiger partial charge in [0.25, 0.3) is 5.91 Å². The molecule has 0 atom stereocenters. The third kappa shape index (κ3) is 6.43. The first-order valence-electron chi connectivity index (χ1n) is 7.08. The molecule has 128 valence electrons. The first-order valence-corrected chi connectivity index (χ1v) is 10.3. The molecule has 0 bridgehead atoms. The topological polar surface area (TPSA) is 75.3 Å². The fourth-order valence-corrected chi connectivity index (χ4v) is 3.33. The fourth-order valence-electron chi connectivity index (χ4n) is 1.87. The molecule has 0 saturated heterocycles. The Morgan fingerprint density at radius 3 is 2.29 bits per heavy atom. The lowest BCUT2D eigenvalue weighted by Crippen LogP contribution is -2.25. The molecule has 0 radical (unpaired) electrons. The molecule has 0 aliphatic heterocycles. The molecule has 0 unspecified atom stereocenters. The Labute approximate surface area is 150 Å². The van der Waals surface area contributed by atoms with Gasteiger partial charge in [-0.25, -0.2) is 8.42 Å². The summed E-state index contributed by atoms with van der Waals surface area (Å²) >= 11 is 7.45. The van der Waals surface area contributed by atoms with Gasteiger partial charge in [-0.05, 0) is 48.5 Å². The van der Waals surface area contributed by atoms with Gasteiger partial charge in [-0.1, -0.05) is 11.6 Å². The van der Waals surface area contributed by atoms with Crippen LogP contribution < -0.4 is 10.0 Å². The first kappa shape index (κ1) is 18.6. The Morgan fingerprint density at radius 1 is 1.08 bits per heavy atom. The van der Waals surface area contributed by atoms with Crippen molar-refractivity contribution in [3.8, 4) is 0 Å². The van der Waals surface area contributed by atoms with E-state index < -0.39 is 10.0 Å². The van der Waals surface area contributed by atoms with E-state index >= 15 is 0 Å². The van der Waals surface area contributed by atoms with E-state index in [0.717, 1.165) is 16.9 Å². The predicted molar refractivity (Wildman–Crippen MR) is 99.4 cm³/mol. The molecule has 5 nitrogen and oxygen atoms in total. The summed E-state index contributed by atoms with van der Waals surface area (Å²) in [6.07, 6.45) is 1.08. The van der Waals surface area contributed by atoms with Crippen LogP contribution in [0.1, 0.15) is 10.4 Å². The highest BCUT2D eigenvalue weighted by Gasteiger charge is 2.06. The van der Waals surface area contributed by atoms with Crippen LogP contribution in [0.15, 0.2) is 53.4 Å². The summed E-state index contributed by atoms with van der Waals surface area (Å²) in [5, 5.41) is 3.52. The minimum absolute atomic E-state index is 0.197. The van der Waals surface area contributed by atoms with E-state index in [-0.39, 0.29) is 5.91 Å². The average Bonchev–Trinajstić information content (AvgIpc) is 2.52. The van der Waals surface area contributed by atoms with Crippen LogP contribution >= 0.6 is 23.4 Å². The van der Waals surface area contributed by atoms with Crippen molar-refractivity contribution in [2.45, 2.75) is 4.90 Å². The molecular weight excluding hydrogens is 368 g/mol. The van der Waals surface area contributed by atoms with Crippen LogP contribution in [0.3, 0.4) is 0 Å². The Hall–Kier alpha value is -1.70. The Kier molecular flexibility index (Phi) is 6.53. The minimum Gasteiger partial charge on any atom is -0.351 e. The third-order valence-corrected chi connectivity index (χ3v) is 4.79. The molecular formula is C16H17ClN2O3S2. The SMILES string of the molecule is CS(=O)(=O)Nc1ccc(C(=O)NCCSc2ccc(Cl)cc2)cc1. The Bertz CT molecular complexity index is 791. The van der Waals surface area contributed by atoms with Crippen LogP contribution in [0.4, 0.5) is 5.69 Å². The van der Waals surface area contributed by atoms with Crippen molar-refractivity contribution in [3.63, 3.8) is 0 Å². The van der Waals surface area contributed by atoms with Gasteiger partial charge in [0.15, 0.2) is 0 Å². The second kappa shape index (κ2) is 8.41. The van der Waals surface area contributed by atoms with Gasteiger partial charge in [-0.3, -0.25) is 9.52 Å². The predicted octanol–water partition coefficient (Wildman–Crippen LogP) is 3.23. The number of hydrogen-bond acceptors (Lipinski definition) is 4. The summed E-state index contributed by atoms with van der Waals surface area (Å²) in [5.41, 5.74) is 0.901. The largest absolute Gasteiger partial charge is 0.351 e. The van der Waals surface area contributed by atoms with E-state index in [9.17, 15) is 13.2 Å². The van der Waals surface area contributed by atoms with Gasteiger partial charge in [0.2, 0.25) is 10.0 Å². The van der Waals surface area contributed by atoms with E-state index in [1.54, 1.807) is 36.0 Å². The zero-order valence-corrected chi connectivity index (χ0v) is 15.3. The molecule has 0 heterocycles. The van der Waals surface area contributed by atoms with Gasteiger partial charge >= 0.3 is 0 Å². The molecule has 0 aromatic heterocycles. The number of halogens is 1. The molecule has 0 aliphatic rings. The van der Waals surface area contributed by atoms with Crippen LogP contribution in [0.25, 0.3) is 0 Å². The normalized spacial score (nSPS) is 11.1. The number of carbonyl (C=O) groups excluding carboxylic acids is 1. The molecule has 0 spiro atoms. The van der Waals surface area contributed by atoms with Crippen LogP contribution in [-0.4, -0.2) is 32.9 Å². The maximum Gasteiger partial charge on any atom is 0.251 e. The number of rotatable bonds is 7. The van der Waals surface area contributed by atoms with Crippen molar-refractivity contribution in [3.05, 3.63) is 59.1 Å². The van der Waals surface area contributed by atoms with Crippen molar-refractivity contribution in [2.24, 2.45) is 0 Å². The van der Waals surface area contributed by atoms with Gasteiger partial charge in [0.1, 0.15) is 0 Å². The van der Waals surface area contributed by atoms with Crippen molar-refractivity contribution in [1.82, 2.24) is 5.32 Å². The van der Waals surface area contributed by atoms with Crippen LogP contribution in [-0.2, 0) is 10.0 Å². The first-order chi connectivity index (χ1) is 11.3. The van der Waals surface area contributed by atoms with E-state index in [1.807, 2.05) is 24.3 Å². The van der Waals surface area contributed by atoms with Gasteiger partial charge in [0, 0.05) is 33.5 Å². The van der Waals surface area contributed by atoms with Gasteiger partial charge in [-0.2, -0.15) is 0 Å². The standard InChI is InChI=1S/C16H17ClN2O3S2/c1-24(21,22)19-14-6-2-12(3-7-14)16(20)18-10-11-23-15-8-4-13(17)5-9-15/h2-9,19H,10-11H2,1H3,(H,18,20). The van der Waals surface area contributed by atoms with Gasteiger partial charge in [-0.15, -0.1) is 11.8 Å². The van der Waals surface area contributed by atoms with E-state index in [0.29, 0.717) is 22.8 Å². The molecule has 0 fully saturated rings. The molecule has 0 aliphatic carbocycles. The Morgan fingerprint density at radius 2 is 1.71 bits per heavy atom. The monoisotopic (exact) mass is 384 g/mol. The number of carbonyl (C=O) groups is 1. The number of nitrogens with one attached hydrogen (secondary N) is 2. The third-order valence-electron chi connectivity index (χ3n) is 2.92. The molecule has 8 heteroatoms. The highest BCUT2D eigenvalue weighted by Crippen LogP contribution is 2.19. The van der Waals surface area contributed by atoms with Crippen molar-refractivity contribution < 1.29 is 13.2 Å². The number of sulfonamides is 1. The second-order valence-corrected chi connectivity index (χ2v) is 8.36. The quantitative estimate of drug-likeness (QED) is 0.567. The minimum atomic E-state index is -3.32. The van der Waals surface area contributed by atoms with E-state index in [1.165, 1.54) is 0 Å². The molecule has 0 saturated carbocycles. The lowest BCUT2D eigenvalue weighted by atomic mass is 10.2. The van der Waals surface area contributed by atoms with Crippen LogP contribution in [0.5, 0.6) is 0 Å². The summed E-state index contributed by atoms with van der Waals surface area (Å²) in [7, 11) is -3.32. The van der Waals surface area contributed by atoms with E-state index in [2.05, 4.69) is 10.0 Å². The zero-order valence-electron chi connectivity index (χ0n) is 13.0. The molecule has 2 aromatic carbocycles. The number of amides is 1. The molecule has 2 rings (SSSR count). The summed E-state index contributed by atoms with van der Waals surface area (Å²) in [6.45, 7) is 0.523. The number of hydrogen-bond donors (Lipinski definition) is 2. The average molecular weight is 385 g/mol. The lowest BCUT2D eigenvalue weighted by molar-refractivity contribution is 0.0956. The fraction of sp³-hybridized carbons (Fsp3) is 0.188. The van der Waals surface area contributed by atoms with Gasteiger partial charge in [0.05, 0.1) is 6.26 Å². The maximum atomic E-state index is 12.0. The molecule has 24 heavy (non-hydrogen) atoms. The highest BCUT2D eigenvalue weighted by atomic mass is 35.5. The summed E-state index contributed by atoms with van der Waals surface area (Å²) in [4.78, 5) is 13.1. The second-order valence-electron chi connectivity index (χ2n) is 5.01. The van der Waals surface area contributed by atoms with Crippen LogP contribution in [0.2, 0.25) is 5.02 Å². The number of thioether (sulfide) groups is 1. The highest BCUT2D eigenvalue weighted by molar-refractivity contribution is 7.99. The number of benzene rings is 2. The molecule has 2 N–H and O–H groups in total.